The first-order valence-electron chi connectivity index (χ1n) is 6.62. The number of amides is 1. The normalized spacial score (nSPS) is 10.7. The van der Waals surface area contributed by atoms with Crippen LogP contribution in [-0.4, -0.2) is 25.0 Å². The second-order valence-electron chi connectivity index (χ2n) is 4.49. The van der Waals surface area contributed by atoms with Crippen LogP contribution in [0.1, 0.15) is 25.3 Å². The van der Waals surface area contributed by atoms with Crippen LogP contribution < -0.4 is 16.4 Å². The molecule has 0 heterocycles. The van der Waals surface area contributed by atoms with E-state index in [4.69, 9.17) is 5.73 Å². The van der Waals surface area contributed by atoms with E-state index in [1.807, 2.05) is 25.1 Å². The van der Waals surface area contributed by atoms with Crippen molar-refractivity contribution in [3.05, 3.63) is 28.2 Å². The standard InChI is InChI=1S/C14H21BrN4O.HI/c1-3-4-7-17-14(16)18-9-13(20)19-12-8-11(15)6-5-10(12)2;/h5-6,8H,3-4,7,9H2,1-2H3,(H,19,20)(H3,16,17,18);1H. The molecule has 0 radical (unpaired) electrons. The highest BCUT2D eigenvalue weighted by atomic mass is 127. The van der Waals surface area contributed by atoms with E-state index in [1.165, 1.54) is 0 Å². The van der Waals surface area contributed by atoms with Crippen molar-refractivity contribution >= 4 is 57.5 Å². The highest BCUT2D eigenvalue weighted by molar-refractivity contribution is 14.0. The van der Waals surface area contributed by atoms with Gasteiger partial charge in [0.25, 0.3) is 0 Å². The van der Waals surface area contributed by atoms with Crippen LogP contribution in [0.15, 0.2) is 27.7 Å². The molecule has 0 fully saturated rings. The van der Waals surface area contributed by atoms with Gasteiger partial charge in [-0.3, -0.25) is 4.79 Å². The molecule has 0 saturated carbocycles. The minimum Gasteiger partial charge on any atom is -0.370 e. The lowest BCUT2D eigenvalue weighted by molar-refractivity contribution is -0.114. The van der Waals surface area contributed by atoms with Crippen LogP contribution in [0.5, 0.6) is 0 Å². The first-order chi connectivity index (χ1) is 9.52. The molecule has 1 aromatic carbocycles. The largest absolute Gasteiger partial charge is 0.370 e. The highest BCUT2D eigenvalue weighted by Gasteiger charge is 2.05. The molecule has 1 amide bonds. The van der Waals surface area contributed by atoms with Gasteiger partial charge < -0.3 is 16.4 Å². The third kappa shape index (κ3) is 8.25. The lowest BCUT2D eigenvalue weighted by atomic mass is 10.2. The third-order valence-corrected chi connectivity index (χ3v) is 3.20. The zero-order valence-corrected chi connectivity index (χ0v) is 16.2. The average Bonchev–Trinajstić information content (AvgIpc) is 2.41. The topological polar surface area (TPSA) is 79.5 Å². The molecule has 0 atom stereocenters. The number of nitrogens with zero attached hydrogens (tertiary/aromatic N) is 1. The number of aryl methyl sites for hydroxylation is 1. The number of guanidine groups is 1. The number of anilines is 1. The number of nitrogens with one attached hydrogen (secondary N) is 2. The van der Waals surface area contributed by atoms with Crippen molar-refractivity contribution in [3.8, 4) is 0 Å². The fraction of sp³-hybridized carbons (Fsp3) is 0.429. The van der Waals surface area contributed by atoms with Gasteiger partial charge in [0.2, 0.25) is 5.91 Å². The molecule has 4 N–H and O–H groups in total. The Balaban J connectivity index is 0.00000400. The number of hydrogen-bond acceptors (Lipinski definition) is 2. The second-order valence-corrected chi connectivity index (χ2v) is 5.40. The molecule has 5 nitrogen and oxygen atoms in total. The smallest absolute Gasteiger partial charge is 0.246 e. The fourth-order valence-corrected chi connectivity index (χ4v) is 1.89. The zero-order valence-electron chi connectivity index (χ0n) is 12.3. The van der Waals surface area contributed by atoms with E-state index < -0.39 is 0 Å². The summed E-state index contributed by atoms with van der Waals surface area (Å²) in [5.41, 5.74) is 7.44. The summed E-state index contributed by atoms with van der Waals surface area (Å²) in [7, 11) is 0. The maximum atomic E-state index is 11.8. The van der Waals surface area contributed by atoms with Crippen molar-refractivity contribution in [1.82, 2.24) is 5.32 Å². The fourth-order valence-electron chi connectivity index (χ4n) is 1.52. The van der Waals surface area contributed by atoms with Gasteiger partial charge in [0.1, 0.15) is 6.54 Å². The molecule has 0 spiro atoms. The molecule has 1 rings (SSSR count). The Kier molecular flexibility index (Phi) is 10.4. The van der Waals surface area contributed by atoms with Gasteiger partial charge in [-0.1, -0.05) is 35.3 Å². The summed E-state index contributed by atoms with van der Waals surface area (Å²) < 4.78 is 0.919. The van der Waals surface area contributed by atoms with E-state index in [1.54, 1.807) is 0 Å². The molecule has 0 saturated heterocycles. The number of halogens is 2. The van der Waals surface area contributed by atoms with Crippen LogP contribution in [0.4, 0.5) is 5.69 Å². The van der Waals surface area contributed by atoms with Gasteiger partial charge in [0.05, 0.1) is 0 Å². The van der Waals surface area contributed by atoms with Crippen LogP contribution in [0, 0.1) is 6.92 Å². The summed E-state index contributed by atoms with van der Waals surface area (Å²) in [5.74, 6) is 0.117. The van der Waals surface area contributed by atoms with Crippen LogP contribution in [0.2, 0.25) is 0 Å². The van der Waals surface area contributed by atoms with Crippen molar-refractivity contribution in [2.75, 3.05) is 18.4 Å². The zero-order chi connectivity index (χ0) is 15.0. The number of carbonyl (C=O) groups excluding carboxylic acids is 1. The molecule has 0 bridgehead atoms. The Morgan fingerprint density at radius 1 is 1.43 bits per heavy atom. The molecule has 1 aromatic rings. The van der Waals surface area contributed by atoms with Gasteiger partial charge in [0.15, 0.2) is 5.96 Å². The summed E-state index contributed by atoms with van der Waals surface area (Å²) in [6.07, 6.45) is 2.11. The molecule has 0 aliphatic carbocycles. The minimum atomic E-state index is -0.188. The summed E-state index contributed by atoms with van der Waals surface area (Å²) in [4.78, 5) is 15.8. The molecule has 0 aliphatic rings. The Hall–Kier alpha value is -0.830. The van der Waals surface area contributed by atoms with Gasteiger partial charge in [-0.05, 0) is 31.0 Å². The summed E-state index contributed by atoms with van der Waals surface area (Å²) >= 11 is 3.37. The monoisotopic (exact) mass is 468 g/mol. The molecular weight excluding hydrogens is 447 g/mol. The van der Waals surface area contributed by atoms with E-state index in [-0.39, 0.29) is 36.4 Å². The average molecular weight is 469 g/mol. The Bertz CT molecular complexity index is 494. The predicted octanol–water partition coefficient (Wildman–Crippen LogP) is 3.02. The van der Waals surface area contributed by atoms with Gasteiger partial charge in [-0.25, -0.2) is 4.99 Å². The van der Waals surface area contributed by atoms with Crippen LogP contribution in [0.3, 0.4) is 0 Å². The number of unbranched alkanes of at least 4 members (excludes halogenated alkanes) is 1. The van der Waals surface area contributed by atoms with E-state index >= 15 is 0 Å². The minimum absolute atomic E-state index is 0. The predicted molar refractivity (Wildman–Crippen MR) is 102 cm³/mol. The van der Waals surface area contributed by atoms with Gasteiger partial charge in [0, 0.05) is 16.7 Å². The number of carbonyl (C=O) groups is 1. The molecule has 0 aromatic heterocycles. The first-order valence-corrected chi connectivity index (χ1v) is 7.42. The third-order valence-electron chi connectivity index (χ3n) is 2.70. The van der Waals surface area contributed by atoms with Crippen molar-refractivity contribution in [3.63, 3.8) is 0 Å². The molecule has 21 heavy (non-hydrogen) atoms. The molecule has 118 valence electrons. The van der Waals surface area contributed by atoms with Crippen molar-refractivity contribution in [1.29, 1.82) is 0 Å². The maximum absolute atomic E-state index is 11.8. The van der Waals surface area contributed by atoms with Crippen molar-refractivity contribution in [2.24, 2.45) is 10.7 Å². The Morgan fingerprint density at radius 3 is 2.81 bits per heavy atom. The number of nitrogens with two attached hydrogens (primary N) is 1. The Morgan fingerprint density at radius 2 is 2.14 bits per heavy atom. The van der Waals surface area contributed by atoms with Crippen LogP contribution >= 0.6 is 39.9 Å². The molecule has 0 aliphatic heterocycles. The summed E-state index contributed by atoms with van der Waals surface area (Å²) in [6.45, 7) is 4.82. The van der Waals surface area contributed by atoms with E-state index in [0.29, 0.717) is 5.96 Å². The quantitative estimate of drug-likeness (QED) is 0.260. The van der Waals surface area contributed by atoms with Crippen LogP contribution in [-0.2, 0) is 4.79 Å². The van der Waals surface area contributed by atoms with Gasteiger partial charge in [-0.15, -0.1) is 24.0 Å². The molecule has 0 unspecified atom stereocenters. The van der Waals surface area contributed by atoms with Crippen LogP contribution in [0.25, 0.3) is 0 Å². The Labute approximate surface area is 151 Å². The van der Waals surface area contributed by atoms with E-state index in [9.17, 15) is 4.79 Å². The molecule has 7 heteroatoms. The first kappa shape index (κ1) is 20.2. The SMILES string of the molecule is CCCCNC(N)=NCC(=O)Nc1cc(Br)ccc1C.I. The van der Waals surface area contributed by atoms with Gasteiger partial charge >= 0.3 is 0 Å². The second kappa shape index (κ2) is 10.8. The number of benzene rings is 1. The van der Waals surface area contributed by atoms with Crippen molar-refractivity contribution < 1.29 is 4.79 Å². The van der Waals surface area contributed by atoms with E-state index in [2.05, 4.69) is 38.5 Å². The van der Waals surface area contributed by atoms with Gasteiger partial charge in [-0.2, -0.15) is 0 Å². The van der Waals surface area contributed by atoms with E-state index in [0.717, 1.165) is 35.1 Å². The maximum Gasteiger partial charge on any atom is 0.246 e. The summed E-state index contributed by atoms with van der Waals surface area (Å²) in [5, 5.41) is 5.78. The highest BCUT2D eigenvalue weighted by Crippen LogP contribution is 2.20. The number of rotatable bonds is 6. The lowest BCUT2D eigenvalue weighted by Gasteiger charge is -2.08. The summed E-state index contributed by atoms with van der Waals surface area (Å²) in [6, 6.07) is 5.72. The molecular formula is C14H22BrIN4O. The lowest BCUT2D eigenvalue weighted by Crippen LogP contribution is -2.33. The number of hydrogen-bond donors (Lipinski definition) is 3. The van der Waals surface area contributed by atoms with Crippen molar-refractivity contribution in [2.45, 2.75) is 26.7 Å². The number of aliphatic imine (C=N–C) groups is 1.